The number of hydrogen-bond acceptors (Lipinski definition) is 15. The first kappa shape index (κ1) is 60.8. The van der Waals surface area contributed by atoms with E-state index in [4.69, 9.17) is 28.4 Å². The van der Waals surface area contributed by atoms with Gasteiger partial charge in [-0.05, 0) is 114 Å². The highest BCUT2D eigenvalue weighted by atomic mass is 16.6. The van der Waals surface area contributed by atoms with Gasteiger partial charge in [-0.15, -0.1) is 0 Å². The SMILES string of the molecule is CO[C@H]1C[C@@H]2CC[C@@H](C)[C@@](O)(O2)C(=O)C(=O)N2CCCC[C@H]2C(=O)O[C@H]([C@H](C)C[C@@H]2CC[C@@H](OC(=O)N3CCN(C)CC3)[C@H](OC)C2)CC(=O)[C@H](C)/C=C(\C)[C@@H](O)[C@@H](OC)C(=O)[C@H](C)C[C@H](C)/C=C/C=CC=C1C. The normalized spacial score (nSPS) is 37.3. The summed E-state index contributed by atoms with van der Waals surface area (Å²) in [7, 11) is 6.58. The number of Topliss-reactive ketones (excluding diaryl/α,β-unsaturated/α-hetero) is 3. The van der Waals surface area contributed by atoms with E-state index in [1.54, 1.807) is 46.0 Å². The number of likely N-dealkylation sites (N-methyl/N-ethyl adjacent to an activating group) is 1. The number of nitrogens with zero attached hydrogens (tertiary/aromatic N) is 3. The summed E-state index contributed by atoms with van der Waals surface area (Å²) in [6, 6.07) is -1.17. The molecule has 5 aliphatic rings. The highest BCUT2D eigenvalue weighted by molar-refractivity contribution is 6.39. The molecule has 4 aliphatic heterocycles. The van der Waals surface area contributed by atoms with E-state index >= 15 is 0 Å². The van der Waals surface area contributed by atoms with Crippen molar-refractivity contribution in [3.05, 3.63) is 47.6 Å². The molecule has 5 rings (SSSR count). The van der Waals surface area contributed by atoms with Gasteiger partial charge in [0.1, 0.15) is 36.2 Å². The topological polar surface area (TPSA) is 208 Å². The first-order chi connectivity index (χ1) is 35.1. The lowest BCUT2D eigenvalue weighted by Crippen LogP contribution is -2.61. The predicted molar refractivity (Wildman–Crippen MR) is 278 cm³/mol. The van der Waals surface area contributed by atoms with E-state index in [1.165, 1.54) is 12.0 Å². The Hall–Kier alpha value is -4.10. The number of aliphatic hydroxyl groups excluding tert-OH is 1. The summed E-state index contributed by atoms with van der Waals surface area (Å²) in [5.41, 5.74) is 1.25. The fourth-order valence-electron chi connectivity index (χ4n) is 11.4. The molecule has 2 N–H and O–H groups in total. The maximum Gasteiger partial charge on any atom is 0.410 e. The summed E-state index contributed by atoms with van der Waals surface area (Å²) in [4.78, 5) is 89.7. The predicted octanol–water partition coefficient (Wildman–Crippen LogP) is 6.57. The van der Waals surface area contributed by atoms with Gasteiger partial charge in [-0.3, -0.25) is 19.2 Å². The second-order valence-electron chi connectivity index (χ2n) is 22.2. The minimum Gasteiger partial charge on any atom is -0.460 e. The largest absolute Gasteiger partial charge is 0.460 e. The van der Waals surface area contributed by atoms with Crippen molar-refractivity contribution in [3.63, 3.8) is 0 Å². The molecule has 2 bridgehead atoms. The van der Waals surface area contributed by atoms with Gasteiger partial charge in [-0.1, -0.05) is 71.1 Å². The van der Waals surface area contributed by atoms with E-state index in [0.717, 1.165) is 18.7 Å². The summed E-state index contributed by atoms with van der Waals surface area (Å²) in [5.74, 6) is -8.21. The van der Waals surface area contributed by atoms with Crippen molar-refractivity contribution in [2.75, 3.05) is 61.1 Å². The molecule has 0 spiro atoms. The van der Waals surface area contributed by atoms with Gasteiger partial charge in [0, 0.05) is 84.6 Å². The van der Waals surface area contributed by atoms with Crippen LogP contribution in [0.15, 0.2) is 47.6 Å². The van der Waals surface area contributed by atoms with E-state index in [-0.39, 0.29) is 60.9 Å². The van der Waals surface area contributed by atoms with Gasteiger partial charge < -0.3 is 53.3 Å². The van der Waals surface area contributed by atoms with Crippen molar-refractivity contribution in [2.24, 2.45) is 35.5 Å². The van der Waals surface area contributed by atoms with Crippen LogP contribution < -0.4 is 0 Å². The number of carbonyl (C=O) groups is 6. The summed E-state index contributed by atoms with van der Waals surface area (Å²) in [6.07, 6.45) is 10.7. The van der Waals surface area contributed by atoms with Crippen molar-refractivity contribution in [2.45, 2.75) is 180 Å². The number of ketones is 3. The van der Waals surface area contributed by atoms with Crippen LogP contribution in [0.5, 0.6) is 0 Å². The molecule has 0 aromatic heterocycles. The number of aliphatic hydroxyl groups is 2. The number of hydrogen-bond donors (Lipinski definition) is 2. The number of carbonyl (C=O) groups excluding carboxylic acids is 6. The molecule has 0 aromatic rings. The van der Waals surface area contributed by atoms with Crippen LogP contribution in [0.4, 0.5) is 4.79 Å². The van der Waals surface area contributed by atoms with Crippen LogP contribution in [0.25, 0.3) is 0 Å². The lowest BCUT2D eigenvalue weighted by Gasteiger charge is -2.42. The van der Waals surface area contributed by atoms with Crippen LogP contribution in [0.1, 0.15) is 126 Å². The van der Waals surface area contributed by atoms with Gasteiger partial charge in [0.2, 0.25) is 5.79 Å². The fraction of sp³-hybridized carbons (Fsp3) is 0.754. The monoisotopic (exact) mass is 1040 g/mol. The molecule has 74 heavy (non-hydrogen) atoms. The number of piperidine rings is 1. The Bertz CT molecular complexity index is 2050. The quantitative estimate of drug-likeness (QED) is 0.157. The first-order valence-electron chi connectivity index (χ1n) is 27.2. The molecule has 0 aromatic carbocycles. The number of fused-ring (bicyclic) bond motifs is 3. The number of allylic oxidation sites excluding steroid dienone is 6. The number of amides is 2. The Balaban J connectivity index is 1.43. The summed E-state index contributed by atoms with van der Waals surface area (Å²) in [5, 5.41) is 23.6. The molecular weight excluding hydrogens is 951 g/mol. The number of piperazine rings is 1. The van der Waals surface area contributed by atoms with Crippen molar-refractivity contribution in [1.29, 1.82) is 0 Å². The molecule has 416 valence electrons. The van der Waals surface area contributed by atoms with Crippen LogP contribution >= 0.6 is 0 Å². The van der Waals surface area contributed by atoms with E-state index < -0.39 is 83.9 Å². The molecular formula is C57H89N3O14. The summed E-state index contributed by atoms with van der Waals surface area (Å²) < 4.78 is 35.9. The Labute approximate surface area is 440 Å². The molecule has 3 saturated heterocycles. The van der Waals surface area contributed by atoms with Crippen LogP contribution in [0.3, 0.4) is 0 Å². The Morgan fingerprint density at radius 3 is 2.22 bits per heavy atom. The van der Waals surface area contributed by atoms with Gasteiger partial charge in [-0.2, -0.15) is 0 Å². The van der Waals surface area contributed by atoms with E-state index in [1.807, 2.05) is 65.1 Å². The number of esters is 1. The lowest BCUT2D eigenvalue weighted by atomic mass is 9.78. The third-order valence-electron chi connectivity index (χ3n) is 16.5. The second-order valence-corrected chi connectivity index (χ2v) is 22.2. The average molecular weight is 1040 g/mol. The molecule has 4 heterocycles. The number of cyclic esters (lactones) is 1. The average Bonchev–Trinajstić information content (AvgIpc) is 3.38. The Morgan fingerprint density at radius 1 is 0.824 bits per heavy atom. The molecule has 17 heteroatoms. The zero-order chi connectivity index (χ0) is 54.4. The van der Waals surface area contributed by atoms with Gasteiger partial charge in [0.25, 0.3) is 11.7 Å². The van der Waals surface area contributed by atoms with E-state index in [9.17, 15) is 39.0 Å². The van der Waals surface area contributed by atoms with Crippen molar-refractivity contribution in [3.8, 4) is 0 Å². The van der Waals surface area contributed by atoms with Crippen LogP contribution in [-0.4, -0.2) is 176 Å². The number of ether oxygens (including phenoxy) is 6. The highest BCUT2D eigenvalue weighted by Crippen LogP contribution is 2.38. The lowest BCUT2D eigenvalue weighted by molar-refractivity contribution is -0.265. The Morgan fingerprint density at radius 2 is 1.54 bits per heavy atom. The minimum atomic E-state index is -2.45. The second kappa shape index (κ2) is 28.3. The summed E-state index contributed by atoms with van der Waals surface area (Å²) >= 11 is 0. The maximum absolute atomic E-state index is 14.6. The number of rotatable bonds is 7. The van der Waals surface area contributed by atoms with E-state index in [2.05, 4.69) is 4.90 Å². The molecule has 0 radical (unpaired) electrons. The Kier molecular flexibility index (Phi) is 23.3. The maximum atomic E-state index is 14.6. The molecule has 17 nitrogen and oxygen atoms in total. The molecule has 2 amide bonds. The first-order valence-corrected chi connectivity index (χ1v) is 27.2. The van der Waals surface area contributed by atoms with Gasteiger partial charge >= 0.3 is 12.1 Å². The molecule has 1 aliphatic carbocycles. The van der Waals surface area contributed by atoms with Gasteiger partial charge in [0.05, 0.1) is 18.3 Å². The van der Waals surface area contributed by atoms with Crippen LogP contribution in [0.2, 0.25) is 0 Å². The molecule has 4 fully saturated rings. The van der Waals surface area contributed by atoms with Crippen molar-refractivity contribution < 1.29 is 67.4 Å². The number of methoxy groups -OCH3 is 3. The zero-order valence-electron chi connectivity index (χ0n) is 46.2. The van der Waals surface area contributed by atoms with Crippen molar-refractivity contribution in [1.82, 2.24) is 14.7 Å². The van der Waals surface area contributed by atoms with E-state index in [0.29, 0.717) is 82.9 Å². The minimum absolute atomic E-state index is 0.00750. The van der Waals surface area contributed by atoms with Crippen LogP contribution in [-0.2, 0) is 52.4 Å². The molecule has 0 unspecified atom stereocenters. The standard InChI is InChI=1S/C57H89N3O14/c1-35-17-13-12-14-18-36(2)47(69-9)33-43-22-20-41(7)57(68,74-43)53(64)54(65)60-24-16-15-19-44(60)55(66)72-48(34-45(61)37(3)30-40(6)51(63)52(71-11)50(62)39(5)29-35)38(4)31-42-21-23-46(49(32-42)70-10)73-56(67)59-27-25-58(8)26-28-59/h12-14,17-18,30,35,37-39,41-44,46-49,51-52,63,68H,15-16,19-29,31-34H2,1-11H3/b14-12?,17-13+,36-18?,40-30+/t35-,37-,38-,39-,41-,42+,43+,44+,46-,47+,48+,49-,51-,52+,57-/m1/s1. The van der Waals surface area contributed by atoms with Crippen LogP contribution in [0, 0.1) is 35.5 Å². The zero-order valence-corrected chi connectivity index (χ0v) is 46.2. The summed E-state index contributed by atoms with van der Waals surface area (Å²) in [6.45, 7) is 15.4. The van der Waals surface area contributed by atoms with Gasteiger partial charge in [-0.25, -0.2) is 9.59 Å². The third kappa shape index (κ3) is 16.0. The fourth-order valence-corrected chi connectivity index (χ4v) is 11.4. The third-order valence-corrected chi connectivity index (χ3v) is 16.5. The van der Waals surface area contributed by atoms with Crippen molar-refractivity contribution >= 4 is 35.3 Å². The van der Waals surface area contributed by atoms with Gasteiger partial charge in [0.15, 0.2) is 5.78 Å². The molecule has 1 saturated carbocycles. The smallest absolute Gasteiger partial charge is 0.410 e. The highest BCUT2D eigenvalue weighted by Gasteiger charge is 2.53. The molecule has 15 atom stereocenters.